The van der Waals surface area contributed by atoms with E-state index in [1.54, 1.807) is 0 Å². The van der Waals surface area contributed by atoms with Gasteiger partial charge in [0.05, 0.1) is 11.8 Å². The van der Waals surface area contributed by atoms with E-state index in [9.17, 15) is 14.7 Å². The zero-order valence-corrected chi connectivity index (χ0v) is 19.9. The Hall–Kier alpha value is -3.22. The molecule has 0 spiro atoms. The van der Waals surface area contributed by atoms with Crippen LogP contribution in [0, 0.1) is 0 Å². The maximum atomic E-state index is 12.8. The van der Waals surface area contributed by atoms with E-state index in [-0.39, 0.29) is 18.6 Å². The number of para-hydroxylation sites is 2. The number of likely N-dealkylation sites (tertiary alicyclic amines) is 1. The third kappa shape index (κ3) is 6.88. The van der Waals surface area contributed by atoms with Crippen LogP contribution in [0.4, 0.5) is 10.5 Å². The molecule has 1 N–H and O–H groups in total. The van der Waals surface area contributed by atoms with E-state index in [1.807, 2.05) is 79.2 Å². The fourth-order valence-electron chi connectivity index (χ4n) is 4.06. The van der Waals surface area contributed by atoms with Gasteiger partial charge in [-0.1, -0.05) is 24.3 Å². The SMILES string of the molecule is CC(C)Oc1ccccc1N(C)CCN(Cc1cccc(C(=O)N2CCCCC2)c1)C(=O)O. The highest BCUT2D eigenvalue weighted by Crippen LogP contribution is 2.28. The summed E-state index contributed by atoms with van der Waals surface area (Å²) < 4.78 is 5.89. The monoisotopic (exact) mass is 453 g/mol. The van der Waals surface area contributed by atoms with E-state index >= 15 is 0 Å². The second kappa shape index (κ2) is 11.6. The maximum absolute atomic E-state index is 12.8. The average molecular weight is 454 g/mol. The predicted molar refractivity (Wildman–Crippen MR) is 130 cm³/mol. The van der Waals surface area contributed by atoms with Gasteiger partial charge in [-0.2, -0.15) is 0 Å². The van der Waals surface area contributed by atoms with Crippen molar-refractivity contribution in [1.82, 2.24) is 9.80 Å². The number of benzene rings is 2. The molecule has 2 amide bonds. The molecule has 0 aromatic heterocycles. The molecule has 2 aromatic rings. The lowest BCUT2D eigenvalue weighted by molar-refractivity contribution is 0.0724. The Morgan fingerprint density at radius 1 is 1.03 bits per heavy atom. The van der Waals surface area contributed by atoms with Crippen molar-refractivity contribution < 1.29 is 19.4 Å². The van der Waals surface area contributed by atoms with Crippen molar-refractivity contribution in [2.24, 2.45) is 0 Å². The minimum Gasteiger partial charge on any atom is -0.489 e. The van der Waals surface area contributed by atoms with Crippen LogP contribution in [0.3, 0.4) is 0 Å². The largest absolute Gasteiger partial charge is 0.489 e. The van der Waals surface area contributed by atoms with Crippen molar-refractivity contribution in [3.8, 4) is 5.75 Å². The summed E-state index contributed by atoms with van der Waals surface area (Å²) in [7, 11) is 1.93. The number of rotatable bonds is 9. The summed E-state index contributed by atoms with van der Waals surface area (Å²) in [5.41, 5.74) is 2.36. The molecular weight excluding hydrogens is 418 g/mol. The van der Waals surface area contributed by atoms with Crippen LogP contribution < -0.4 is 9.64 Å². The van der Waals surface area contributed by atoms with Gasteiger partial charge in [0.1, 0.15) is 5.75 Å². The number of piperidine rings is 1. The minimum atomic E-state index is -0.983. The smallest absolute Gasteiger partial charge is 0.407 e. The molecule has 1 fully saturated rings. The normalized spacial score (nSPS) is 13.6. The number of likely N-dealkylation sites (N-methyl/N-ethyl adjacent to an activating group) is 1. The second-order valence-corrected chi connectivity index (χ2v) is 8.81. The number of ether oxygens (including phenoxy) is 1. The van der Waals surface area contributed by atoms with Crippen LogP contribution in [0.25, 0.3) is 0 Å². The Bertz CT molecular complexity index is 941. The maximum Gasteiger partial charge on any atom is 0.407 e. The van der Waals surface area contributed by atoms with Crippen molar-refractivity contribution >= 4 is 17.7 Å². The van der Waals surface area contributed by atoms with Crippen molar-refractivity contribution in [2.45, 2.75) is 45.8 Å². The molecule has 0 unspecified atom stereocenters. The molecule has 0 saturated carbocycles. The number of carbonyl (C=O) groups excluding carboxylic acids is 1. The van der Waals surface area contributed by atoms with Crippen molar-refractivity contribution in [2.75, 3.05) is 38.1 Å². The third-order valence-corrected chi connectivity index (χ3v) is 5.81. The Balaban J connectivity index is 1.65. The standard InChI is InChI=1S/C26H35N3O4/c1-20(2)33-24-13-6-5-12-23(24)27(3)16-17-29(26(31)32)19-21-10-9-11-22(18-21)25(30)28-14-7-4-8-15-28/h5-6,9-13,18,20H,4,7-8,14-17,19H2,1-3H3,(H,31,32). The van der Waals surface area contributed by atoms with Gasteiger partial charge in [0.2, 0.25) is 0 Å². The number of hydrogen-bond acceptors (Lipinski definition) is 4. The van der Waals surface area contributed by atoms with Crippen LogP contribution >= 0.6 is 0 Å². The van der Waals surface area contributed by atoms with Gasteiger partial charge >= 0.3 is 6.09 Å². The lowest BCUT2D eigenvalue weighted by Gasteiger charge is -2.27. The van der Waals surface area contributed by atoms with Gasteiger partial charge in [0.25, 0.3) is 5.91 Å². The summed E-state index contributed by atoms with van der Waals surface area (Å²) in [4.78, 5) is 30.0. The van der Waals surface area contributed by atoms with Crippen LogP contribution in [-0.4, -0.2) is 66.2 Å². The predicted octanol–water partition coefficient (Wildman–Crippen LogP) is 4.72. The molecule has 1 saturated heterocycles. The van der Waals surface area contributed by atoms with E-state index in [0.29, 0.717) is 18.7 Å². The van der Waals surface area contributed by atoms with Gasteiger partial charge in [-0.05, 0) is 62.9 Å². The van der Waals surface area contributed by atoms with Crippen LogP contribution in [0.5, 0.6) is 5.75 Å². The van der Waals surface area contributed by atoms with Gasteiger partial charge in [0, 0.05) is 45.3 Å². The zero-order chi connectivity index (χ0) is 23.8. The van der Waals surface area contributed by atoms with Crippen LogP contribution in [0.15, 0.2) is 48.5 Å². The van der Waals surface area contributed by atoms with Crippen molar-refractivity contribution in [1.29, 1.82) is 0 Å². The molecule has 178 valence electrons. The molecule has 33 heavy (non-hydrogen) atoms. The first-order chi connectivity index (χ1) is 15.8. The molecule has 0 bridgehead atoms. The lowest BCUT2D eigenvalue weighted by atomic mass is 10.1. The second-order valence-electron chi connectivity index (χ2n) is 8.81. The van der Waals surface area contributed by atoms with Crippen molar-refractivity contribution in [3.63, 3.8) is 0 Å². The fourth-order valence-corrected chi connectivity index (χ4v) is 4.06. The van der Waals surface area contributed by atoms with Crippen LogP contribution in [0.2, 0.25) is 0 Å². The Morgan fingerprint density at radius 2 is 1.76 bits per heavy atom. The molecule has 2 aromatic carbocycles. The highest BCUT2D eigenvalue weighted by atomic mass is 16.5. The summed E-state index contributed by atoms with van der Waals surface area (Å²) in [6, 6.07) is 15.1. The first kappa shape index (κ1) is 24.4. The average Bonchev–Trinajstić information content (AvgIpc) is 2.81. The zero-order valence-electron chi connectivity index (χ0n) is 19.9. The summed E-state index contributed by atoms with van der Waals surface area (Å²) >= 11 is 0. The molecule has 1 heterocycles. The molecule has 7 heteroatoms. The number of anilines is 1. The Morgan fingerprint density at radius 3 is 2.45 bits per heavy atom. The Kier molecular flexibility index (Phi) is 8.58. The molecule has 1 aliphatic heterocycles. The van der Waals surface area contributed by atoms with E-state index in [2.05, 4.69) is 0 Å². The van der Waals surface area contributed by atoms with Gasteiger partial charge < -0.3 is 24.5 Å². The molecule has 0 radical (unpaired) electrons. The quantitative estimate of drug-likeness (QED) is 0.595. The molecular formula is C26H35N3O4. The number of carboxylic acid groups (broad SMARTS) is 1. The minimum absolute atomic E-state index is 0.0277. The molecule has 0 atom stereocenters. The molecule has 7 nitrogen and oxygen atoms in total. The fraction of sp³-hybridized carbons (Fsp3) is 0.462. The summed E-state index contributed by atoms with van der Waals surface area (Å²) in [5, 5.41) is 9.78. The third-order valence-electron chi connectivity index (χ3n) is 5.81. The van der Waals surface area contributed by atoms with E-state index in [1.165, 1.54) is 11.3 Å². The van der Waals surface area contributed by atoms with Crippen molar-refractivity contribution in [3.05, 3.63) is 59.7 Å². The topological polar surface area (TPSA) is 73.3 Å². The van der Waals surface area contributed by atoms with Gasteiger partial charge in [-0.3, -0.25) is 4.79 Å². The Labute approximate surface area is 196 Å². The highest BCUT2D eigenvalue weighted by molar-refractivity contribution is 5.94. The molecule has 3 rings (SSSR count). The first-order valence-electron chi connectivity index (χ1n) is 11.7. The van der Waals surface area contributed by atoms with Crippen LogP contribution in [0.1, 0.15) is 49.0 Å². The summed E-state index contributed by atoms with van der Waals surface area (Å²) in [6.07, 6.45) is 2.31. The number of nitrogens with zero attached hydrogens (tertiary/aromatic N) is 3. The number of carbonyl (C=O) groups is 2. The van der Waals surface area contributed by atoms with E-state index < -0.39 is 6.09 Å². The molecule has 1 aliphatic rings. The van der Waals surface area contributed by atoms with Gasteiger partial charge in [-0.15, -0.1) is 0 Å². The van der Waals surface area contributed by atoms with Crippen LogP contribution in [-0.2, 0) is 6.54 Å². The number of hydrogen-bond donors (Lipinski definition) is 1. The lowest BCUT2D eigenvalue weighted by Crippen LogP contribution is -2.37. The number of amides is 2. The van der Waals surface area contributed by atoms with E-state index in [0.717, 1.165) is 42.9 Å². The van der Waals surface area contributed by atoms with Gasteiger partial charge in [-0.25, -0.2) is 4.79 Å². The van der Waals surface area contributed by atoms with Gasteiger partial charge in [0.15, 0.2) is 0 Å². The highest BCUT2D eigenvalue weighted by Gasteiger charge is 2.20. The first-order valence-corrected chi connectivity index (χ1v) is 11.7. The molecule has 0 aliphatic carbocycles. The summed E-state index contributed by atoms with van der Waals surface area (Å²) in [5.74, 6) is 0.806. The summed E-state index contributed by atoms with van der Waals surface area (Å²) in [6.45, 7) is 6.61. The van der Waals surface area contributed by atoms with E-state index in [4.69, 9.17) is 4.74 Å².